The molecule has 0 aliphatic carbocycles. The van der Waals surface area contributed by atoms with Crippen molar-refractivity contribution in [2.75, 3.05) is 0 Å². The molecule has 0 spiro atoms. The molecule has 0 saturated heterocycles. The van der Waals surface area contributed by atoms with Crippen LogP contribution in [0.5, 0.6) is 0 Å². The normalized spacial score (nSPS) is 9.56. The molecular formula is C18H24. The highest BCUT2D eigenvalue weighted by Gasteiger charge is 1.99. The van der Waals surface area contributed by atoms with Crippen molar-refractivity contribution in [3.8, 4) is 11.1 Å². The lowest BCUT2D eigenvalue weighted by Crippen LogP contribution is -1.85. The van der Waals surface area contributed by atoms with E-state index in [1.807, 2.05) is 13.8 Å². The van der Waals surface area contributed by atoms with E-state index >= 15 is 0 Å². The zero-order chi connectivity index (χ0) is 13.4. The highest BCUT2D eigenvalue weighted by Crippen LogP contribution is 2.22. The molecule has 0 radical (unpaired) electrons. The molecule has 0 amide bonds. The molecule has 2 rings (SSSR count). The molecule has 0 heteroatoms. The largest absolute Gasteiger partial charge is 0.0683 e. The van der Waals surface area contributed by atoms with Gasteiger partial charge in [-0.05, 0) is 35.1 Å². The van der Waals surface area contributed by atoms with Crippen molar-refractivity contribution in [1.82, 2.24) is 0 Å². The minimum atomic E-state index is 1.10. The Kier molecular flexibility index (Phi) is 6.21. The van der Waals surface area contributed by atoms with Crippen molar-refractivity contribution in [2.45, 2.75) is 40.5 Å². The van der Waals surface area contributed by atoms with Crippen molar-refractivity contribution in [2.24, 2.45) is 0 Å². The van der Waals surface area contributed by atoms with Crippen LogP contribution in [0, 0.1) is 0 Å². The summed E-state index contributed by atoms with van der Waals surface area (Å²) in [4.78, 5) is 0. The lowest BCUT2D eigenvalue weighted by atomic mass is 10.00. The summed E-state index contributed by atoms with van der Waals surface area (Å²) in [5.41, 5.74) is 5.46. The molecule has 0 saturated carbocycles. The van der Waals surface area contributed by atoms with Gasteiger partial charge in [-0.2, -0.15) is 0 Å². The van der Waals surface area contributed by atoms with E-state index in [0.717, 1.165) is 12.8 Å². The molecule has 0 bridgehead atoms. The molecule has 0 unspecified atom stereocenters. The second kappa shape index (κ2) is 7.71. The van der Waals surface area contributed by atoms with Crippen molar-refractivity contribution in [3.05, 3.63) is 59.7 Å². The molecular weight excluding hydrogens is 216 g/mol. The highest BCUT2D eigenvalue weighted by molar-refractivity contribution is 5.64. The van der Waals surface area contributed by atoms with Gasteiger partial charge in [0.25, 0.3) is 0 Å². The van der Waals surface area contributed by atoms with Crippen LogP contribution in [0.25, 0.3) is 11.1 Å². The Balaban J connectivity index is 0.000000771. The second-order valence-electron chi connectivity index (χ2n) is 4.11. The number of benzene rings is 2. The number of hydrogen-bond acceptors (Lipinski definition) is 0. The quantitative estimate of drug-likeness (QED) is 0.664. The van der Waals surface area contributed by atoms with Crippen LogP contribution in [0.15, 0.2) is 48.5 Å². The molecule has 0 fully saturated rings. The van der Waals surface area contributed by atoms with Crippen LogP contribution in [0.4, 0.5) is 0 Å². The monoisotopic (exact) mass is 240 g/mol. The van der Waals surface area contributed by atoms with Crippen molar-refractivity contribution < 1.29 is 0 Å². The summed E-state index contributed by atoms with van der Waals surface area (Å²) >= 11 is 0. The molecule has 2 aromatic carbocycles. The summed E-state index contributed by atoms with van der Waals surface area (Å²) in [7, 11) is 0. The second-order valence-corrected chi connectivity index (χ2v) is 4.11. The third-order valence-electron chi connectivity index (χ3n) is 3.00. The van der Waals surface area contributed by atoms with Gasteiger partial charge in [-0.25, -0.2) is 0 Å². The predicted octanol–water partition coefficient (Wildman–Crippen LogP) is 5.50. The first-order chi connectivity index (χ1) is 8.83. The Labute approximate surface area is 112 Å². The summed E-state index contributed by atoms with van der Waals surface area (Å²) in [5, 5.41) is 0. The third-order valence-corrected chi connectivity index (χ3v) is 3.00. The minimum Gasteiger partial charge on any atom is -0.0683 e. The molecule has 0 aromatic heterocycles. The van der Waals surface area contributed by atoms with Crippen molar-refractivity contribution in [1.29, 1.82) is 0 Å². The third kappa shape index (κ3) is 3.73. The number of rotatable bonds is 3. The SMILES string of the molecule is CC.CCc1cccc(-c2cccc(CC)c2)c1. The average Bonchev–Trinajstić information content (AvgIpc) is 2.49. The molecule has 0 aliphatic rings. The van der Waals surface area contributed by atoms with Gasteiger partial charge >= 0.3 is 0 Å². The van der Waals surface area contributed by atoms with Crippen molar-refractivity contribution >= 4 is 0 Å². The van der Waals surface area contributed by atoms with Crippen molar-refractivity contribution in [3.63, 3.8) is 0 Å². The fourth-order valence-electron chi connectivity index (χ4n) is 1.94. The molecule has 0 atom stereocenters. The highest BCUT2D eigenvalue weighted by atomic mass is 14.0. The minimum absolute atomic E-state index is 1.10. The first-order valence-corrected chi connectivity index (χ1v) is 7.01. The van der Waals surface area contributed by atoms with Crippen LogP contribution < -0.4 is 0 Å². The summed E-state index contributed by atoms with van der Waals surface area (Å²) in [6.07, 6.45) is 2.20. The van der Waals surface area contributed by atoms with Crippen LogP contribution in [0.2, 0.25) is 0 Å². The Morgan fingerprint density at radius 3 is 1.39 bits per heavy atom. The van der Waals surface area contributed by atoms with Gasteiger partial charge in [0.15, 0.2) is 0 Å². The van der Waals surface area contributed by atoms with Gasteiger partial charge < -0.3 is 0 Å². The first kappa shape index (κ1) is 14.5. The van der Waals surface area contributed by atoms with E-state index in [4.69, 9.17) is 0 Å². The van der Waals surface area contributed by atoms with E-state index in [1.165, 1.54) is 22.3 Å². The van der Waals surface area contributed by atoms with Gasteiger partial charge in [-0.15, -0.1) is 0 Å². The van der Waals surface area contributed by atoms with E-state index in [2.05, 4.69) is 62.4 Å². The maximum absolute atomic E-state index is 2.29. The van der Waals surface area contributed by atoms with Crippen LogP contribution in [0.3, 0.4) is 0 Å². The zero-order valence-corrected chi connectivity index (χ0v) is 12.0. The standard InChI is InChI=1S/C16H18.C2H6/c1-3-13-7-5-9-15(11-13)16-10-6-8-14(4-2)12-16;1-2/h5-12H,3-4H2,1-2H3;1-2H3. The Morgan fingerprint density at radius 2 is 1.06 bits per heavy atom. The van der Waals surface area contributed by atoms with Crippen LogP contribution in [-0.4, -0.2) is 0 Å². The Hall–Kier alpha value is -1.56. The molecule has 2 aromatic rings. The van der Waals surface area contributed by atoms with E-state index in [9.17, 15) is 0 Å². The maximum Gasteiger partial charge on any atom is -0.0181 e. The summed E-state index contributed by atoms with van der Waals surface area (Å²) in [5.74, 6) is 0. The number of aryl methyl sites for hydroxylation is 2. The lowest BCUT2D eigenvalue weighted by molar-refractivity contribution is 1.13. The Morgan fingerprint density at radius 1 is 0.667 bits per heavy atom. The molecule has 0 nitrogen and oxygen atoms in total. The zero-order valence-electron chi connectivity index (χ0n) is 12.0. The van der Waals surface area contributed by atoms with Gasteiger partial charge in [-0.1, -0.05) is 76.2 Å². The Bertz CT molecular complexity index is 423. The lowest BCUT2D eigenvalue weighted by Gasteiger charge is -2.05. The molecule has 0 N–H and O–H groups in total. The van der Waals surface area contributed by atoms with Gasteiger partial charge in [0, 0.05) is 0 Å². The maximum atomic E-state index is 2.29. The molecule has 0 aliphatic heterocycles. The van der Waals surface area contributed by atoms with E-state index in [1.54, 1.807) is 0 Å². The van der Waals surface area contributed by atoms with Crippen LogP contribution in [-0.2, 0) is 12.8 Å². The molecule has 0 heterocycles. The summed E-state index contributed by atoms with van der Waals surface area (Å²) in [6.45, 7) is 8.39. The predicted molar refractivity (Wildman–Crippen MR) is 82.0 cm³/mol. The smallest absolute Gasteiger partial charge is 0.0181 e. The number of hydrogen-bond donors (Lipinski definition) is 0. The van der Waals surface area contributed by atoms with Gasteiger partial charge in [-0.3, -0.25) is 0 Å². The summed E-state index contributed by atoms with van der Waals surface area (Å²) in [6, 6.07) is 17.6. The summed E-state index contributed by atoms with van der Waals surface area (Å²) < 4.78 is 0. The molecule has 96 valence electrons. The van der Waals surface area contributed by atoms with E-state index in [-0.39, 0.29) is 0 Å². The van der Waals surface area contributed by atoms with Gasteiger partial charge in [0.2, 0.25) is 0 Å². The van der Waals surface area contributed by atoms with E-state index < -0.39 is 0 Å². The fraction of sp³-hybridized carbons (Fsp3) is 0.333. The van der Waals surface area contributed by atoms with Gasteiger partial charge in [0.1, 0.15) is 0 Å². The fourth-order valence-corrected chi connectivity index (χ4v) is 1.94. The van der Waals surface area contributed by atoms with Crippen LogP contribution in [0.1, 0.15) is 38.8 Å². The van der Waals surface area contributed by atoms with Crippen LogP contribution >= 0.6 is 0 Å². The first-order valence-electron chi connectivity index (χ1n) is 7.01. The van der Waals surface area contributed by atoms with Gasteiger partial charge in [0.05, 0.1) is 0 Å². The average molecular weight is 240 g/mol. The van der Waals surface area contributed by atoms with E-state index in [0.29, 0.717) is 0 Å². The topological polar surface area (TPSA) is 0 Å². The molecule has 18 heavy (non-hydrogen) atoms.